The van der Waals surface area contributed by atoms with Gasteiger partial charge in [-0.15, -0.1) is 0 Å². The van der Waals surface area contributed by atoms with Crippen LogP contribution in [0.25, 0.3) is 0 Å². The van der Waals surface area contributed by atoms with Crippen LogP contribution in [0.4, 0.5) is 0 Å². The third kappa shape index (κ3) is 43.1. The number of nitrogens with two attached hydrogens (primary N) is 6. The van der Waals surface area contributed by atoms with Crippen molar-refractivity contribution in [2.75, 3.05) is 32.7 Å². The fourth-order valence-corrected chi connectivity index (χ4v) is 11.8. The molecular formula is C82H150N26O21. The van der Waals surface area contributed by atoms with E-state index in [2.05, 4.69) is 106 Å². The minimum Gasteiger partial charge on any atom is -0.368 e. The first-order chi connectivity index (χ1) is 59.6. The quantitative estimate of drug-likeness (QED) is 0.0252. The summed E-state index contributed by atoms with van der Waals surface area (Å²) in [5.41, 5.74) is 25.2. The van der Waals surface area contributed by atoms with Crippen LogP contribution in [0.3, 0.4) is 0 Å². The fraction of sp³-hybridized carbons (Fsp3) is 0.744. The molecule has 129 heavy (non-hydrogen) atoms. The van der Waals surface area contributed by atoms with Gasteiger partial charge in [-0.2, -0.15) is 0 Å². The van der Waals surface area contributed by atoms with Gasteiger partial charge >= 0.3 is 0 Å². The lowest BCUT2D eigenvalue weighted by Crippen LogP contribution is -2.63. The first-order valence-electron chi connectivity index (χ1n) is 43.6. The molecule has 15 atom stereocenters. The van der Waals surface area contributed by atoms with Crippen LogP contribution < -0.4 is 141 Å². The molecule has 0 saturated heterocycles. The van der Waals surface area contributed by atoms with E-state index >= 15 is 0 Å². The molecule has 0 aromatic heterocycles. The Balaban J connectivity index is 6.05. The molecule has 0 spiro atoms. The number of carbonyl (C=O) groups is 21. The molecule has 0 heterocycles. The first-order valence-corrected chi connectivity index (χ1v) is 43.6. The van der Waals surface area contributed by atoms with E-state index in [-0.39, 0.29) is 58.3 Å². The smallest absolute Gasteiger partial charge is 0.245 e. The van der Waals surface area contributed by atoms with Crippen LogP contribution in [0.5, 0.6) is 0 Å². The van der Waals surface area contributed by atoms with Crippen molar-refractivity contribution in [3.8, 4) is 0 Å². The van der Waals surface area contributed by atoms with Gasteiger partial charge < -0.3 is 141 Å². The van der Waals surface area contributed by atoms with E-state index in [4.69, 9.17) is 34.4 Å². The van der Waals surface area contributed by atoms with E-state index in [1.165, 1.54) is 145 Å². The van der Waals surface area contributed by atoms with Gasteiger partial charge in [-0.05, 0) is 268 Å². The summed E-state index contributed by atoms with van der Waals surface area (Å²) >= 11 is 0. The van der Waals surface area contributed by atoms with Gasteiger partial charge in [-0.1, -0.05) is 0 Å². The SMILES string of the molecule is CC(=O)N[C@@H](C)C(=O)N[C@@H](CCCCN)C(=O)NC(C)(C)C(=O)N[C@@H](C)C(=O)N[C@@H](C)C(=O)N[C@@H](CCCCN)C(=O)NC(C)(C)C(=O)N[C@@H](C)C(=O)N[C@@H](C)C(=O)N[C@@H](CCCCN)C(=O)NC(C)(C)C(=O)N[C@@H](C)C(=O)N[C@@H](C)C(=O)N[C@@H](CCCCN)C(=O)NC(C)(C)C(=O)N[C@@H](C)C(=O)N[C@@H](C)C(=O)N[C@@H](CCCCN)C(=O)NC(C)(C)C(=O)N[C@@H](C)C(N)=O. The van der Waals surface area contributed by atoms with Crippen LogP contribution in [0.1, 0.15) is 242 Å². The lowest BCUT2D eigenvalue weighted by Gasteiger charge is -2.31. The zero-order chi connectivity index (χ0) is 99.6. The number of unbranched alkanes of at least 4 members (excludes halogenated alkanes) is 5. The molecule has 0 radical (unpaired) electrons. The molecule has 47 heteroatoms. The Labute approximate surface area is 755 Å². The van der Waals surface area contributed by atoms with Gasteiger partial charge in [-0.3, -0.25) is 101 Å². The maximum absolute atomic E-state index is 14.1. The minimum absolute atomic E-state index is 0.00226. The van der Waals surface area contributed by atoms with Gasteiger partial charge in [0.05, 0.1) is 0 Å². The van der Waals surface area contributed by atoms with E-state index in [1.54, 1.807) is 0 Å². The van der Waals surface area contributed by atoms with Crippen molar-refractivity contribution in [2.45, 2.75) is 360 Å². The molecule has 21 amide bonds. The van der Waals surface area contributed by atoms with Crippen molar-refractivity contribution in [2.24, 2.45) is 34.4 Å². The lowest BCUT2D eigenvalue weighted by atomic mass is 10.0. The second kappa shape index (κ2) is 56.2. The average molecular weight is 1840 g/mol. The summed E-state index contributed by atoms with van der Waals surface area (Å²) in [5, 5.41) is 50.4. The molecule has 0 bridgehead atoms. The van der Waals surface area contributed by atoms with Crippen molar-refractivity contribution in [1.29, 1.82) is 0 Å². The molecular weight excluding hydrogens is 1690 g/mol. The average Bonchev–Trinajstić information content (AvgIpc) is 0.875. The summed E-state index contributed by atoms with van der Waals surface area (Å²) < 4.78 is 0. The maximum Gasteiger partial charge on any atom is 0.245 e. The number of amides is 21. The molecule has 0 aliphatic rings. The van der Waals surface area contributed by atoms with Crippen molar-refractivity contribution < 1.29 is 101 Å². The van der Waals surface area contributed by atoms with E-state index in [9.17, 15) is 101 Å². The zero-order valence-corrected chi connectivity index (χ0v) is 78.8. The number of hydrogen-bond donors (Lipinski definition) is 26. The van der Waals surface area contributed by atoms with Crippen LogP contribution in [0, 0.1) is 0 Å². The Morgan fingerprint density at radius 2 is 0.341 bits per heavy atom. The lowest BCUT2D eigenvalue weighted by molar-refractivity contribution is -0.138. The van der Waals surface area contributed by atoms with Gasteiger partial charge in [0, 0.05) is 6.92 Å². The number of primary amides is 1. The monoisotopic (exact) mass is 1840 g/mol. The minimum atomic E-state index is -1.80. The standard InChI is InChI=1S/C82H150N26O21/c1-42(58(88)110)94-73(125)78(12,13)104-69(121)54(33-23-28-38-84)100-64(116)44(3)90-60(112)49(8)96-75(127)80(16,17)106-71(123)56(35-25-30-40-86)102-66(118)46(5)92-62(114)51(10)98-77(129)82(20,21)108-72(124)57(36-26-31-41-87)103-67(119)47(6)93-61(113)50(9)97-76(128)81(18,19)107-70(122)55(34-24-29-39-85)101-65(117)45(4)91-59(111)48(7)95-74(126)79(14,15)105-68(120)53(32-22-27-37-83)99-63(115)43(2)89-52(11)109/h42-51,53-57H,22-41,83-87H2,1-21H3,(H2,88,110)(H,89,109)(H,90,112)(H,91,111)(H,92,114)(H,93,113)(H,94,125)(H,95,126)(H,96,127)(H,97,128)(H,98,129)(H,99,115)(H,100,116)(H,101,117)(H,102,118)(H,103,119)(H,104,121)(H,105,120)(H,106,123)(H,107,122)(H,108,124)/t42-,43-,44-,45-,46-,47-,48-,49-,50-,51-,53-,54-,55-,56-,57-/m0/s1. The van der Waals surface area contributed by atoms with Crippen molar-refractivity contribution in [1.82, 2.24) is 106 Å². The van der Waals surface area contributed by atoms with Gasteiger partial charge in [0.25, 0.3) is 0 Å². The number of nitrogens with one attached hydrogen (secondary N) is 20. The van der Waals surface area contributed by atoms with Gasteiger partial charge in [0.2, 0.25) is 124 Å². The molecule has 0 aliphatic carbocycles. The van der Waals surface area contributed by atoms with Crippen LogP contribution in [0.15, 0.2) is 0 Å². The highest BCUT2D eigenvalue weighted by Crippen LogP contribution is 2.16. The van der Waals surface area contributed by atoms with E-state index in [1.807, 2.05) is 0 Å². The topological polar surface area (TPSA) is 755 Å². The maximum atomic E-state index is 14.1. The van der Waals surface area contributed by atoms with Gasteiger partial charge in [0.1, 0.15) is 118 Å². The molecule has 0 aromatic rings. The Kier molecular flexibility index (Phi) is 51.3. The third-order valence-electron chi connectivity index (χ3n) is 20.5. The van der Waals surface area contributed by atoms with E-state index in [0.717, 1.165) is 0 Å². The third-order valence-corrected chi connectivity index (χ3v) is 20.5. The van der Waals surface area contributed by atoms with Crippen molar-refractivity contribution in [3.05, 3.63) is 0 Å². The summed E-state index contributed by atoms with van der Waals surface area (Å²) in [4.78, 5) is 282. The van der Waals surface area contributed by atoms with Crippen LogP contribution in [-0.4, -0.2) is 275 Å². The Morgan fingerprint density at radius 3 is 0.488 bits per heavy atom. The highest BCUT2D eigenvalue weighted by molar-refractivity contribution is 6.03. The molecule has 0 aliphatic heterocycles. The van der Waals surface area contributed by atoms with Gasteiger partial charge in [0.15, 0.2) is 0 Å². The molecule has 0 saturated carbocycles. The molecule has 0 aromatic carbocycles. The van der Waals surface area contributed by atoms with E-state index in [0.29, 0.717) is 70.8 Å². The normalized spacial score (nSPS) is 15.1. The number of rotatable bonds is 60. The highest BCUT2D eigenvalue weighted by Gasteiger charge is 2.42. The largest absolute Gasteiger partial charge is 0.368 e. The highest BCUT2D eigenvalue weighted by atomic mass is 16.2. The Morgan fingerprint density at radius 1 is 0.202 bits per heavy atom. The summed E-state index contributed by atoms with van der Waals surface area (Å²) in [6.45, 7) is 29.0. The second-order valence-corrected chi connectivity index (χ2v) is 35.0. The fourth-order valence-electron chi connectivity index (χ4n) is 11.8. The molecule has 47 nitrogen and oxygen atoms in total. The van der Waals surface area contributed by atoms with Crippen molar-refractivity contribution >= 4 is 124 Å². The summed E-state index contributed by atoms with van der Waals surface area (Å²) in [6, 6.07) is -19.1. The summed E-state index contributed by atoms with van der Waals surface area (Å²) in [7, 11) is 0. The molecule has 734 valence electrons. The number of hydrogen-bond acceptors (Lipinski definition) is 26. The molecule has 0 fully saturated rings. The van der Waals surface area contributed by atoms with E-state index < -0.39 is 242 Å². The zero-order valence-electron chi connectivity index (χ0n) is 78.8. The summed E-state index contributed by atoms with van der Waals surface area (Å²) in [5.74, 6) is -17.1. The first kappa shape index (κ1) is 118. The van der Waals surface area contributed by atoms with Gasteiger partial charge in [-0.25, -0.2) is 0 Å². The van der Waals surface area contributed by atoms with Crippen molar-refractivity contribution in [3.63, 3.8) is 0 Å². The Bertz CT molecular complexity index is 3860. The molecule has 32 N–H and O–H groups in total. The van der Waals surface area contributed by atoms with Crippen LogP contribution in [0.2, 0.25) is 0 Å². The number of carbonyl (C=O) groups excluding carboxylic acids is 21. The predicted molar refractivity (Wildman–Crippen MR) is 476 cm³/mol. The molecule has 0 rings (SSSR count). The van der Waals surface area contributed by atoms with Crippen LogP contribution >= 0.6 is 0 Å². The Hall–Kier alpha value is -11.3. The molecule has 0 unspecified atom stereocenters. The predicted octanol–water partition coefficient (Wildman–Crippen LogP) is -7.92. The van der Waals surface area contributed by atoms with Crippen LogP contribution in [-0.2, 0) is 101 Å². The summed E-state index contributed by atoms with van der Waals surface area (Å²) in [6.07, 6.45) is 4.17. The second-order valence-electron chi connectivity index (χ2n) is 35.0.